The fourth-order valence-corrected chi connectivity index (χ4v) is 2.00. The van der Waals surface area contributed by atoms with Gasteiger partial charge >= 0.3 is 6.18 Å². The monoisotopic (exact) mass is 297 g/mol. The summed E-state index contributed by atoms with van der Waals surface area (Å²) in [6.07, 6.45) is -2.86. The van der Waals surface area contributed by atoms with Crippen molar-refractivity contribution in [2.24, 2.45) is 5.92 Å². The van der Waals surface area contributed by atoms with Gasteiger partial charge in [-0.3, -0.25) is 0 Å². The highest BCUT2D eigenvalue weighted by Gasteiger charge is 2.31. The van der Waals surface area contributed by atoms with E-state index < -0.39 is 17.6 Å². The Balaban J connectivity index is 2.70. The molecule has 1 N–H and O–H groups in total. The highest BCUT2D eigenvalue weighted by Crippen LogP contribution is 2.31. The number of nitrogens with one attached hydrogen (secondary N) is 1. The molecule has 0 fully saturated rings. The minimum Gasteiger partial charge on any atom is -0.382 e. The molecule has 6 heteroatoms. The highest BCUT2D eigenvalue weighted by molar-refractivity contribution is 6.17. The first-order valence-electron chi connectivity index (χ1n) is 6.05. The fourth-order valence-electron chi connectivity index (χ4n) is 1.69. The molecule has 0 radical (unpaired) electrons. The lowest BCUT2D eigenvalue weighted by Gasteiger charge is -2.16. The molecule has 108 valence electrons. The van der Waals surface area contributed by atoms with Gasteiger partial charge in [0, 0.05) is 12.4 Å². The normalized spacial score (nSPS) is 13.4. The van der Waals surface area contributed by atoms with Gasteiger partial charge in [-0.15, -0.1) is 11.6 Å². The van der Waals surface area contributed by atoms with Crippen molar-refractivity contribution < 1.29 is 17.6 Å². The summed E-state index contributed by atoms with van der Waals surface area (Å²) >= 11 is 5.63. The maximum Gasteiger partial charge on any atom is 0.416 e. The van der Waals surface area contributed by atoms with Crippen molar-refractivity contribution in [2.75, 3.05) is 17.7 Å². The summed E-state index contributed by atoms with van der Waals surface area (Å²) in [6, 6.07) is 2.49. The molecule has 1 nitrogen and oxygen atoms in total. The Labute approximate surface area is 115 Å². The molecular weight excluding hydrogens is 282 g/mol. The maximum atomic E-state index is 13.5. The van der Waals surface area contributed by atoms with Crippen molar-refractivity contribution in [3.63, 3.8) is 0 Å². The molecule has 0 amide bonds. The van der Waals surface area contributed by atoms with Crippen molar-refractivity contribution in [1.29, 1.82) is 0 Å². The smallest absolute Gasteiger partial charge is 0.382 e. The Hall–Kier alpha value is -0.970. The lowest BCUT2D eigenvalue weighted by Crippen LogP contribution is -2.15. The van der Waals surface area contributed by atoms with E-state index in [2.05, 4.69) is 5.32 Å². The van der Waals surface area contributed by atoms with Crippen molar-refractivity contribution in [3.8, 4) is 0 Å². The quantitative estimate of drug-likeness (QED) is 0.581. The molecule has 0 saturated carbocycles. The van der Waals surface area contributed by atoms with Gasteiger partial charge in [-0.05, 0) is 30.5 Å². The van der Waals surface area contributed by atoms with Crippen LogP contribution in [0.5, 0.6) is 0 Å². The van der Waals surface area contributed by atoms with Crippen LogP contribution in [0.2, 0.25) is 0 Å². The van der Waals surface area contributed by atoms with Crippen molar-refractivity contribution in [2.45, 2.75) is 25.9 Å². The number of hydrogen-bond acceptors (Lipinski definition) is 1. The Kier molecular flexibility index (Phi) is 5.91. The van der Waals surface area contributed by atoms with Crippen LogP contribution in [-0.4, -0.2) is 12.4 Å². The SMILES string of the molecule is CCC(CCCl)CNc1ccc(C(F)(F)F)cc1F. The third-order valence-corrected chi connectivity index (χ3v) is 3.19. The molecule has 19 heavy (non-hydrogen) atoms. The third-order valence-electron chi connectivity index (χ3n) is 2.97. The van der Waals surface area contributed by atoms with E-state index in [1.54, 1.807) is 0 Å². The van der Waals surface area contributed by atoms with Crippen LogP contribution < -0.4 is 5.32 Å². The largest absolute Gasteiger partial charge is 0.416 e. The summed E-state index contributed by atoms with van der Waals surface area (Å²) in [7, 11) is 0. The van der Waals surface area contributed by atoms with Gasteiger partial charge in [0.2, 0.25) is 0 Å². The molecule has 1 aromatic rings. The lowest BCUT2D eigenvalue weighted by molar-refractivity contribution is -0.137. The van der Waals surface area contributed by atoms with Gasteiger partial charge in [-0.1, -0.05) is 13.3 Å². The van der Waals surface area contributed by atoms with Crippen LogP contribution in [0.4, 0.5) is 23.2 Å². The first kappa shape index (κ1) is 16.1. The van der Waals surface area contributed by atoms with Crippen molar-refractivity contribution in [3.05, 3.63) is 29.6 Å². The molecule has 0 bridgehead atoms. The fraction of sp³-hybridized carbons (Fsp3) is 0.538. The zero-order valence-corrected chi connectivity index (χ0v) is 11.3. The molecule has 0 aromatic heterocycles. The molecule has 1 unspecified atom stereocenters. The van der Waals surface area contributed by atoms with Gasteiger partial charge in [0.05, 0.1) is 11.3 Å². The maximum absolute atomic E-state index is 13.5. The zero-order valence-electron chi connectivity index (χ0n) is 10.5. The minimum atomic E-state index is -4.52. The first-order valence-corrected chi connectivity index (χ1v) is 6.58. The summed E-state index contributed by atoms with van der Waals surface area (Å²) < 4.78 is 50.6. The standard InChI is InChI=1S/C13H16ClF4N/c1-2-9(5-6-14)8-19-12-4-3-10(7-11(12)15)13(16,17)18/h3-4,7,9,19H,2,5-6,8H2,1H3. The molecule has 0 spiro atoms. The predicted octanol–water partition coefficient (Wildman–Crippen LogP) is 4.91. The summed E-state index contributed by atoms with van der Waals surface area (Å²) in [5.41, 5.74) is -0.899. The highest BCUT2D eigenvalue weighted by atomic mass is 35.5. The second-order valence-electron chi connectivity index (χ2n) is 4.33. The van der Waals surface area contributed by atoms with Gasteiger partial charge in [0.25, 0.3) is 0 Å². The van der Waals surface area contributed by atoms with E-state index in [1.807, 2.05) is 6.92 Å². The predicted molar refractivity (Wildman–Crippen MR) is 69.0 cm³/mol. The summed E-state index contributed by atoms with van der Waals surface area (Å²) in [5, 5.41) is 2.83. The molecule has 0 aliphatic rings. The van der Waals surface area contributed by atoms with Crippen LogP contribution in [0.1, 0.15) is 25.3 Å². The second kappa shape index (κ2) is 6.98. The number of halogens is 5. The van der Waals surface area contributed by atoms with Gasteiger partial charge in [0.15, 0.2) is 0 Å². The van der Waals surface area contributed by atoms with Crippen LogP contribution in [0, 0.1) is 11.7 Å². The zero-order chi connectivity index (χ0) is 14.5. The lowest BCUT2D eigenvalue weighted by atomic mass is 10.0. The number of benzene rings is 1. The molecule has 1 atom stereocenters. The summed E-state index contributed by atoms with van der Waals surface area (Å²) in [5.74, 6) is -0.106. The number of anilines is 1. The van der Waals surface area contributed by atoms with E-state index in [9.17, 15) is 17.6 Å². The number of rotatable bonds is 6. The summed E-state index contributed by atoms with van der Waals surface area (Å²) in [4.78, 5) is 0. The van der Waals surface area contributed by atoms with E-state index in [-0.39, 0.29) is 11.6 Å². The number of alkyl halides is 4. The van der Waals surface area contributed by atoms with Gasteiger partial charge in [0.1, 0.15) is 5.82 Å². The van der Waals surface area contributed by atoms with Crippen molar-refractivity contribution in [1.82, 2.24) is 0 Å². The van der Waals surface area contributed by atoms with E-state index in [0.29, 0.717) is 18.5 Å². The molecular formula is C13H16ClF4N. The Morgan fingerprint density at radius 2 is 2.00 bits per heavy atom. The minimum absolute atomic E-state index is 0.0843. The molecule has 0 aliphatic heterocycles. The Morgan fingerprint density at radius 3 is 2.47 bits per heavy atom. The van der Waals surface area contributed by atoms with E-state index in [4.69, 9.17) is 11.6 Å². The van der Waals surface area contributed by atoms with E-state index in [1.165, 1.54) is 0 Å². The van der Waals surface area contributed by atoms with Crippen LogP contribution in [0.25, 0.3) is 0 Å². The molecule has 0 aliphatic carbocycles. The average molecular weight is 298 g/mol. The van der Waals surface area contributed by atoms with E-state index >= 15 is 0 Å². The van der Waals surface area contributed by atoms with Gasteiger partial charge < -0.3 is 5.32 Å². The van der Waals surface area contributed by atoms with Gasteiger partial charge in [-0.2, -0.15) is 13.2 Å². The first-order chi connectivity index (χ1) is 8.88. The van der Waals surface area contributed by atoms with Crippen LogP contribution >= 0.6 is 11.6 Å². The molecule has 1 aromatic carbocycles. The Bertz CT molecular complexity index is 406. The third kappa shape index (κ3) is 4.90. The second-order valence-corrected chi connectivity index (χ2v) is 4.70. The van der Waals surface area contributed by atoms with Crippen LogP contribution in [-0.2, 0) is 6.18 Å². The van der Waals surface area contributed by atoms with Crippen LogP contribution in [0.3, 0.4) is 0 Å². The molecule has 1 rings (SSSR count). The molecule has 0 heterocycles. The summed E-state index contributed by atoms with van der Waals surface area (Å²) in [6.45, 7) is 2.48. The Morgan fingerprint density at radius 1 is 1.32 bits per heavy atom. The number of hydrogen-bond donors (Lipinski definition) is 1. The average Bonchev–Trinajstić information content (AvgIpc) is 2.34. The molecule has 0 saturated heterocycles. The van der Waals surface area contributed by atoms with Crippen molar-refractivity contribution >= 4 is 17.3 Å². The van der Waals surface area contributed by atoms with E-state index in [0.717, 1.165) is 25.0 Å². The van der Waals surface area contributed by atoms with Gasteiger partial charge in [-0.25, -0.2) is 4.39 Å². The topological polar surface area (TPSA) is 12.0 Å². The van der Waals surface area contributed by atoms with Crippen LogP contribution in [0.15, 0.2) is 18.2 Å².